The summed E-state index contributed by atoms with van der Waals surface area (Å²) in [4.78, 5) is 30.8. The number of hydrogen-bond acceptors (Lipinski definition) is 9. The Morgan fingerprint density at radius 3 is 2.68 bits per heavy atom. The number of nitrogen functional groups attached to an aromatic ring is 1. The summed E-state index contributed by atoms with van der Waals surface area (Å²) in [7, 11) is -6.43. The van der Waals surface area contributed by atoms with Crippen molar-refractivity contribution in [1.29, 1.82) is 0 Å². The highest BCUT2D eigenvalue weighted by atomic mass is 32.1. The van der Waals surface area contributed by atoms with E-state index in [9.17, 15) is 4.57 Å². The molecule has 0 bridgehead atoms. The molecular weight excluding hydrogens is 461 g/mol. The molecule has 2 aromatic rings. The van der Waals surface area contributed by atoms with Crippen LogP contribution in [-0.4, -0.2) is 62.8 Å². The number of fused-ring (bicyclic) bond motifs is 1. The van der Waals surface area contributed by atoms with Gasteiger partial charge in [0.15, 0.2) is 14.0 Å². The normalized spacial score (nSPS) is 23.0. The third-order valence-corrected chi connectivity index (χ3v) is 11.0. The van der Waals surface area contributed by atoms with E-state index in [1.165, 1.54) is 0 Å². The fourth-order valence-electron chi connectivity index (χ4n) is 3.12. The summed E-state index contributed by atoms with van der Waals surface area (Å²) >= 11 is 4.31. The average molecular weight is 492 g/mol. The van der Waals surface area contributed by atoms with E-state index < -0.39 is 34.6 Å². The van der Waals surface area contributed by atoms with Gasteiger partial charge in [0.1, 0.15) is 29.2 Å². The van der Waals surface area contributed by atoms with Gasteiger partial charge >= 0.3 is 7.60 Å². The first kappa shape index (κ1) is 24.6. The maximum Gasteiger partial charge on any atom is 0.350 e. The summed E-state index contributed by atoms with van der Waals surface area (Å²) in [5, 5.41) is 0.349. The quantitative estimate of drug-likeness (QED) is 0.196. The van der Waals surface area contributed by atoms with Crippen LogP contribution in [0.25, 0.3) is 11.2 Å². The van der Waals surface area contributed by atoms with Crippen LogP contribution < -0.4 is 5.73 Å². The molecule has 0 aromatic carbocycles. The Labute approximate surface area is 187 Å². The van der Waals surface area contributed by atoms with Crippen LogP contribution in [-0.2, 0) is 18.5 Å². The van der Waals surface area contributed by atoms with Gasteiger partial charge < -0.3 is 29.4 Å². The van der Waals surface area contributed by atoms with Crippen LogP contribution in [0.2, 0.25) is 18.1 Å². The maximum atomic E-state index is 11.2. The van der Waals surface area contributed by atoms with Gasteiger partial charge in [-0.1, -0.05) is 20.8 Å². The highest BCUT2D eigenvalue weighted by Gasteiger charge is 2.45. The Kier molecular flexibility index (Phi) is 6.91. The molecule has 0 aliphatic carbocycles. The molecule has 174 valence electrons. The first-order chi connectivity index (χ1) is 14.2. The summed E-state index contributed by atoms with van der Waals surface area (Å²) in [6.07, 6.45) is 0.0996. The second kappa shape index (κ2) is 8.71. The fraction of sp³-hybridized carbons (Fsp3) is 0.706. The monoisotopic (exact) mass is 491 g/mol. The minimum absolute atomic E-state index is 0.0114. The standard InChI is InChI=1S/C17H30N5O6PSSi/c1-17(2,3)31(4,5)28-10-6-12(27-11(10)7-26-9-29(23,24)25)22-8-19-13-14(22)20-16(18)21-15(13)30/h8,10-12H,6-7,9H2,1-5H3,(H2,23,24,25)(H3,18,20,21,30)/t10-,11+,12+/m0/s1. The molecule has 1 aliphatic rings. The molecule has 11 nitrogen and oxygen atoms in total. The van der Waals surface area contributed by atoms with Gasteiger partial charge in [0.05, 0.1) is 19.0 Å². The fourth-order valence-corrected chi connectivity index (χ4v) is 5.08. The Hall–Kier alpha value is -1.05. The average Bonchev–Trinajstić information content (AvgIpc) is 3.16. The van der Waals surface area contributed by atoms with Gasteiger partial charge in [0, 0.05) is 6.42 Å². The Morgan fingerprint density at radius 2 is 2.06 bits per heavy atom. The number of aromatic nitrogens is 4. The van der Waals surface area contributed by atoms with Gasteiger partial charge in [-0.25, -0.2) is 9.97 Å². The number of ether oxygens (including phenoxy) is 2. The van der Waals surface area contributed by atoms with E-state index in [0.29, 0.717) is 22.6 Å². The lowest BCUT2D eigenvalue weighted by Gasteiger charge is -2.39. The molecule has 1 fully saturated rings. The van der Waals surface area contributed by atoms with E-state index in [1.807, 2.05) is 0 Å². The highest BCUT2D eigenvalue weighted by Crippen LogP contribution is 2.42. The molecule has 1 aliphatic heterocycles. The van der Waals surface area contributed by atoms with Crippen LogP contribution in [0.4, 0.5) is 5.95 Å². The summed E-state index contributed by atoms with van der Waals surface area (Å²) in [5.74, 6) is 0.0767. The second-order valence-corrected chi connectivity index (χ2v) is 15.9. The van der Waals surface area contributed by atoms with Crippen molar-refractivity contribution in [2.45, 2.75) is 68.8 Å². The first-order valence-corrected chi connectivity index (χ1v) is 15.0. The summed E-state index contributed by atoms with van der Waals surface area (Å²) in [5.41, 5.74) is 6.77. The Morgan fingerprint density at radius 1 is 1.39 bits per heavy atom. The topological polar surface area (TPSA) is 155 Å². The van der Waals surface area contributed by atoms with Gasteiger partial charge in [0.25, 0.3) is 0 Å². The largest absolute Gasteiger partial charge is 0.411 e. The lowest BCUT2D eigenvalue weighted by Crippen LogP contribution is -2.46. The minimum atomic E-state index is -4.28. The molecule has 0 saturated carbocycles. The molecule has 0 unspecified atom stereocenters. The number of thiol groups is 1. The van der Waals surface area contributed by atoms with Crippen LogP contribution >= 0.6 is 20.2 Å². The van der Waals surface area contributed by atoms with Crippen molar-refractivity contribution >= 4 is 45.7 Å². The SMILES string of the molecule is CC(C)(C)[Si](C)(C)O[C@H]1C[C@H](n2cnc3c(S)nc(N)nc32)O[C@@H]1COCP(=O)(O)O. The molecule has 3 atom stereocenters. The van der Waals surface area contributed by atoms with E-state index in [2.05, 4.69) is 61.4 Å². The van der Waals surface area contributed by atoms with Crippen molar-refractivity contribution in [3.8, 4) is 0 Å². The van der Waals surface area contributed by atoms with Crippen LogP contribution in [0, 0.1) is 0 Å². The van der Waals surface area contributed by atoms with Crippen molar-refractivity contribution in [2.24, 2.45) is 0 Å². The van der Waals surface area contributed by atoms with Gasteiger partial charge in [-0.15, -0.1) is 12.6 Å². The zero-order valence-corrected chi connectivity index (χ0v) is 21.0. The molecule has 1 saturated heterocycles. The third kappa shape index (κ3) is 5.66. The van der Waals surface area contributed by atoms with Crippen molar-refractivity contribution in [1.82, 2.24) is 19.5 Å². The second-order valence-electron chi connectivity index (χ2n) is 9.18. The predicted octanol–water partition coefficient (Wildman–Crippen LogP) is 2.53. The number of nitrogens with zero attached hydrogens (tertiary/aromatic N) is 4. The van der Waals surface area contributed by atoms with Gasteiger partial charge in [0.2, 0.25) is 5.95 Å². The number of nitrogens with two attached hydrogens (primary N) is 1. The van der Waals surface area contributed by atoms with Crippen LogP contribution in [0.5, 0.6) is 0 Å². The number of rotatable bonds is 7. The molecule has 31 heavy (non-hydrogen) atoms. The van der Waals surface area contributed by atoms with E-state index in [0.717, 1.165) is 0 Å². The minimum Gasteiger partial charge on any atom is -0.411 e. The van der Waals surface area contributed by atoms with Gasteiger partial charge in [-0.2, -0.15) is 4.98 Å². The summed E-state index contributed by atoms with van der Waals surface area (Å²) < 4.78 is 31.0. The lowest BCUT2D eigenvalue weighted by molar-refractivity contribution is -0.0543. The smallest absolute Gasteiger partial charge is 0.350 e. The molecule has 2 aromatic heterocycles. The molecule has 14 heteroatoms. The van der Waals surface area contributed by atoms with Crippen molar-refractivity contribution < 1.29 is 28.3 Å². The van der Waals surface area contributed by atoms with E-state index in [4.69, 9.17) is 29.4 Å². The summed E-state index contributed by atoms with van der Waals surface area (Å²) in [6.45, 7) is 10.7. The molecule has 3 heterocycles. The molecule has 0 spiro atoms. The highest BCUT2D eigenvalue weighted by molar-refractivity contribution is 7.80. The first-order valence-electron chi connectivity index (χ1n) is 9.82. The van der Waals surface area contributed by atoms with Gasteiger partial charge in [-0.05, 0) is 18.1 Å². The number of anilines is 1. The zero-order valence-electron chi connectivity index (χ0n) is 18.2. The third-order valence-electron chi connectivity index (χ3n) is 5.70. The van der Waals surface area contributed by atoms with Crippen molar-refractivity contribution in [2.75, 3.05) is 18.7 Å². The molecule has 0 amide bonds. The van der Waals surface area contributed by atoms with E-state index >= 15 is 0 Å². The van der Waals surface area contributed by atoms with E-state index in [-0.39, 0.29) is 23.7 Å². The Bertz CT molecular complexity index is 993. The zero-order chi connectivity index (χ0) is 23.2. The molecule has 0 radical (unpaired) electrons. The van der Waals surface area contributed by atoms with Crippen LogP contribution in [0.3, 0.4) is 0 Å². The van der Waals surface area contributed by atoms with Crippen molar-refractivity contribution in [3.63, 3.8) is 0 Å². The van der Waals surface area contributed by atoms with Crippen molar-refractivity contribution in [3.05, 3.63) is 6.33 Å². The lowest BCUT2D eigenvalue weighted by atomic mass is 10.2. The number of hydrogen-bond donors (Lipinski definition) is 4. The molecular formula is C17H30N5O6PSSi. The van der Waals surface area contributed by atoms with Crippen LogP contribution in [0.15, 0.2) is 11.4 Å². The van der Waals surface area contributed by atoms with Gasteiger partial charge in [-0.3, -0.25) is 9.13 Å². The maximum absolute atomic E-state index is 11.2. The summed E-state index contributed by atoms with van der Waals surface area (Å²) in [6, 6.07) is 0. The predicted molar refractivity (Wildman–Crippen MR) is 120 cm³/mol. The molecule has 4 N–H and O–H groups in total. The molecule has 3 rings (SSSR count). The number of imidazole rings is 1. The van der Waals surface area contributed by atoms with Crippen LogP contribution in [0.1, 0.15) is 33.4 Å². The Balaban J connectivity index is 1.86. The van der Waals surface area contributed by atoms with E-state index in [1.54, 1.807) is 10.9 Å².